The highest BCUT2D eigenvalue weighted by molar-refractivity contribution is 8.00. The van der Waals surface area contributed by atoms with E-state index in [1.807, 2.05) is 0 Å². The van der Waals surface area contributed by atoms with Crippen molar-refractivity contribution in [1.29, 1.82) is 0 Å². The molecular weight excluding hydrogens is 518 g/mol. The van der Waals surface area contributed by atoms with E-state index in [2.05, 4.69) is 29.9 Å². The molecule has 4 N–H and O–H groups in total. The van der Waals surface area contributed by atoms with Crippen molar-refractivity contribution in [3.63, 3.8) is 0 Å². The number of amides is 2. The van der Waals surface area contributed by atoms with Gasteiger partial charge in [0.05, 0.1) is 6.54 Å². The van der Waals surface area contributed by atoms with Crippen LogP contribution in [0.2, 0.25) is 0 Å². The number of aromatic nitrogens is 2. The molecule has 18 heteroatoms. The van der Waals surface area contributed by atoms with Crippen molar-refractivity contribution in [2.75, 3.05) is 24.6 Å². The molecule has 1 aromatic rings. The van der Waals surface area contributed by atoms with Gasteiger partial charge in [-0.15, -0.1) is 11.8 Å². The lowest BCUT2D eigenvalue weighted by atomic mass is 10.0. The third-order valence-electron chi connectivity index (χ3n) is 4.49. The first-order valence-electron chi connectivity index (χ1n) is 10.2. The Morgan fingerprint density at radius 1 is 1.39 bits per heavy atom. The van der Waals surface area contributed by atoms with Crippen LogP contribution in [0.3, 0.4) is 0 Å². The maximum atomic E-state index is 13.0. The van der Waals surface area contributed by atoms with Crippen LogP contribution in [0.25, 0.3) is 10.4 Å². The number of nitrogen functional groups attached to an aromatic ring is 1. The number of β-lactam (4-membered cyclic amide) rings is 1. The number of carbonyl (C=O) groups excluding carboxylic acids is 3. The van der Waals surface area contributed by atoms with Crippen LogP contribution in [-0.2, 0) is 28.8 Å². The van der Waals surface area contributed by atoms with Gasteiger partial charge in [0.25, 0.3) is 11.8 Å². The zero-order valence-corrected chi connectivity index (χ0v) is 20.8. The van der Waals surface area contributed by atoms with Gasteiger partial charge >= 0.3 is 11.9 Å². The van der Waals surface area contributed by atoms with E-state index in [-0.39, 0.29) is 34.5 Å². The average molecular weight is 540 g/mol. The SMILES string of the molecule is CC(C)(C)OC(=O)CON=C(C(=O)NC1C(=O)N2C(C(=O)O)=C(CN=[N+]=[N-])CS[C@@H]12)c1nsc(N)n1. The van der Waals surface area contributed by atoms with E-state index in [1.165, 1.54) is 11.8 Å². The van der Waals surface area contributed by atoms with Crippen molar-refractivity contribution in [1.82, 2.24) is 19.6 Å². The van der Waals surface area contributed by atoms with Gasteiger partial charge in [-0.05, 0) is 31.9 Å². The highest BCUT2D eigenvalue weighted by Gasteiger charge is 2.54. The molecular formula is C18H21N9O7S2. The molecule has 2 atom stereocenters. The third kappa shape index (κ3) is 6.02. The van der Waals surface area contributed by atoms with Crippen LogP contribution in [0.5, 0.6) is 0 Å². The Morgan fingerprint density at radius 2 is 2.11 bits per heavy atom. The van der Waals surface area contributed by atoms with Crippen LogP contribution in [-0.4, -0.2) is 84.7 Å². The monoisotopic (exact) mass is 539 g/mol. The smallest absolute Gasteiger partial charge is 0.352 e. The Bertz CT molecular complexity index is 1200. The number of aliphatic carboxylic acids is 1. The number of carboxylic acid groups (broad SMARTS) is 1. The molecule has 0 bridgehead atoms. The van der Waals surface area contributed by atoms with Gasteiger partial charge in [-0.2, -0.15) is 9.36 Å². The molecule has 0 aromatic carbocycles. The molecule has 192 valence electrons. The van der Waals surface area contributed by atoms with Crippen molar-refractivity contribution in [2.24, 2.45) is 10.3 Å². The quantitative estimate of drug-likeness (QED) is 0.0730. The number of thioether (sulfide) groups is 1. The van der Waals surface area contributed by atoms with E-state index in [0.29, 0.717) is 0 Å². The van der Waals surface area contributed by atoms with Gasteiger partial charge in [0, 0.05) is 22.2 Å². The number of hydrogen-bond acceptors (Lipinski definition) is 13. The fourth-order valence-electron chi connectivity index (χ4n) is 3.17. The summed E-state index contributed by atoms with van der Waals surface area (Å²) in [7, 11) is 0. The number of ether oxygens (including phenoxy) is 1. The molecule has 3 rings (SSSR count). The number of hydrogen-bond donors (Lipinski definition) is 3. The van der Waals surface area contributed by atoms with E-state index in [0.717, 1.165) is 16.4 Å². The molecule has 0 radical (unpaired) electrons. The van der Waals surface area contributed by atoms with Gasteiger partial charge in [0.15, 0.2) is 5.13 Å². The first kappa shape index (κ1) is 26.7. The summed E-state index contributed by atoms with van der Waals surface area (Å²) in [5.74, 6) is -3.70. The lowest BCUT2D eigenvalue weighted by Crippen LogP contribution is -2.71. The van der Waals surface area contributed by atoms with Crippen molar-refractivity contribution in [2.45, 2.75) is 37.8 Å². The maximum absolute atomic E-state index is 13.0. The van der Waals surface area contributed by atoms with Crippen LogP contribution in [0, 0.1) is 0 Å². The summed E-state index contributed by atoms with van der Waals surface area (Å²) in [5.41, 5.74) is 12.9. The number of rotatable bonds is 9. The summed E-state index contributed by atoms with van der Waals surface area (Å²) >= 11 is 1.98. The number of nitrogens with one attached hydrogen (secondary N) is 1. The van der Waals surface area contributed by atoms with Gasteiger partial charge in [-0.3, -0.25) is 14.5 Å². The molecule has 2 amide bonds. The first-order chi connectivity index (χ1) is 16.9. The minimum absolute atomic E-state index is 0.0372. The number of nitrogens with zero attached hydrogens (tertiary/aromatic N) is 7. The second-order valence-corrected chi connectivity index (χ2v) is 10.2. The second-order valence-electron chi connectivity index (χ2n) is 8.26. The van der Waals surface area contributed by atoms with Crippen molar-refractivity contribution in [3.05, 3.63) is 27.5 Å². The van der Waals surface area contributed by atoms with E-state index in [4.69, 9.17) is 20.8 Å². The molecule has 3 heterocycles. The fourth-order valence-corrected chi connectivity index (χ4v) is 4.94. The summed E-state index contributed by atoms with van der Waals surface area (Å²) in [6.07, 6.45) is 0. The Balaban J connectivity index is 1.76. The molecule has 2 aliphatic rings. The zero-order valence-electron chi connectivity index (χ0n) is 19.2. The fraction of sp³-hybridized carbons (Fsp3) is 0.500. The van der Waals surface area contributed by atoms with E-state index in [9.17, 15) is 24.3 Å². The normalized spacial score (nSPS) is 19.6. The first-order valence-corrected chi connectivity index (χ1v) is 12.0. The average Bonchev–Trinajstić information content (AvgIpc) is 3.22. The molecule has 0 aliphatic carbocycles. The van der Waals surface area contributed by atoms with Gasteiger partial charge in [0.1, 0.15) is 22.7 Å². The van der Waals surface area contributed by atoms with Crippen molar-refractivity contribution >= 4 is 57.9 Å². The van der Waals surface area contributed by atoms with E-state index >= 15 is 0 Å². The van der Waals surface area contributed by atoms with Crippen LogP contribution in [0.15, 0.2) is 21.5 Å². The summed E-state index contributed by atoms with van der Waals surface area (Å²) < 4.78 is 9.01. The molecule has 0 spiro atoms. The van der Waals surface area contributed by atoms with E-state index in [1.54, 1.807) is 20.8 Å². The molecule has 1 saturated heterocycles. The molecule has 16 nitrogen and oxygen atoms in total. The molecule has 2 aliphatic heterocycles. The Labute approximate surface area is 211 Å². The molecule has 1 fully saturated rings. The zero-order chi connectivity index (χ0) is 26.6. The van der Waals surface area contributed by atoms with Gasteiger partial charge < -0.3 is 25.7 Å². The number of anilines is 1. The minimum atomic E-state index is -1.36. The molecule has 1 aromatic heterocycles. The van der Waals surface area contributed by atoms with Crippen LogP contribution in [0.1, 0.15) is 26.6 Å². The number of carbonyl (C=O) groups is 4. The van der Waals surface area contributed by atoms with Crippen molar-refractivity contribution < 1.29 is 33.9 Å². The third-order valence-corrected chi connectivity index (χ3v) is 6.37. The van der Waals surface area contributed by atoms with E-state index < -0.39 is 53.1 Å². The number of esters is 1. The summed E-state index contributed by atoms with van der Waals surface area (Å²) in [6.45, 7) is 4.19. The van der Waals surface area contributed by atoms with Gasteiger partial charge in [-0.1, -0.05) is 10.3 Å². The highest BCUT2D eigenvalue weighted by Crippen LogP contribution is 2.40. The lowest BCUT2D eigenvalue weighted by molar-refractivity contribution is -0.160. The number of oxime groups is 1. The molecule has 1 unspecified atom stereocenters. The second kappa shape index (κ2) is 10.8. The lowest BCUT2D eigenvalue weighted by Gasteiger charge is -2.49. The Kier molecular flexibility index (Phi) is 8.01. The van der Waals surface area contributed by atoms with Crippen LogP contribution < -0.4 is 11.1 Å². The summed E-state index contributed by atoms with van der Waals surface area (Å²) in [5, 5.41) is 18.4. The van der Waals surface area contributed by atoms with Gasteiger partial charge in [-0.25, -0.2) is 9.59 Å². The van der Waals surface area contributed by atoms with Crippen LogP contribution >= 0.6 is 23.3 Å². The minimum Gasteiger partial charge on any atom is -0.477 e. The summed E-state index contributed by atoms with van der Waals surface area (Å²) in [4.78, 5) is 61.9. The Hall–Kier alpha value is -3.89. The van der Waals surface area contributed by atoms with Crippen molar-refractivity contribution in [3.8, 4) is 0 Å². The largest absolute Gasteiger partial charge is 0.477 e. The molecule has 0 saturated carbocycles. The van der Waals surface area contributed by atoms with Gasteiger partial charge in [0.2, 0.25) is 18.1 Å². The number of azide groups is 1. The highest BCUT2D eigenvalue weighted by atomic mass is 32.2. The van der Waals surface area contributed by atoms with Crippen LogP contribution in [0.4, 0.5) is 5.13 Å². The number of carboxylic acids is 1. The number of fused-ring (bicyclic) bond motifs is 1. The topological polar surface area (TPSA) is 235 Å². The number of nitrogens with two attached hydrogens (primary N) is 1. The predicted octanol–water partition coefficient (Wildman–Crippen LogP) is 0.232. The molecule has 36 heavy (non-hydrogen) atoms. The maximum Gasteiger partial charge on any atom is 0.352 e. The summed E-state index contributed by atoms with van der Waals surface area (Å²) in [6, 6.07) is -1.09. The standard InChI is InChI=1S/C18H21N9O7S2/c1-18(2,3)34-8(28)5-33-24-9(12-23-17(19)36-25-12)13(29)22-10-14(30)27-11(16(31)32)7(4-21-26-20)6-35-15(10)27/h10,15H,4-6H2,1-3H3,(H,22,29)(H,31,32)(H2,19,23,25)/t10?,15-/m0/s1. The Morgan fingerprint density at radius 3 is 2.69 bits per heavy atom. The predicted molar refractivity (Wildman–Crippen MR) is 126 cm³/mol.